The lowest BCUT2D eigenvalue weighted by Crippen LogP contribution is -2.61. The van der Waals surface area contributed by atoms with Gasteiger partial charge in [0.2, 0.25) is 58.6 Å². The number of carbonyl (C=O) groups excluding carboxylic acids is 13. The Hall–Kier alpha value is -13.3. The number of aliphatic carboxylic acids is 2. The summed E-state index contributed by atoms with van der Waals surface area (Å²) in [5.74, 6) is -15.3. The summed E-state index contributed by atoms with van der Waals surface area (Å²) in [6, 6.07) is -2.91. The summed E-state index contributed by atoms with van der Waals surface area (Å²) in [5.41, 5.74) is 17.0. The van der Waals surface area contributed by atoms with Gasteiger partial charge >= 0.3 is 23.9 Å². The fourth-order valence-electron chi connectivity index (χ4n) is 15.0. The van der Waals surface area contributed by atoms with Crippen molar-refractivity contribution < 1.29 is 96.0 Å². The van der Waals surface area contributed by atoms with Crippen LogP contribution >= 0.6 is 0 Å². The molecule has 2 aromatic heterocycles. The van der Waals surface area contributed by atoms with E-state index in [2.05, 4.69) is 51.8 Å². The zero-order valence-corrected chi connectivity index (χ0v) is 70.8. The fraction of sp³-hybridized carbons (Fsp3) is 0.519. The lowest BCUT2D eigenvalue weighted by molar-refractivity contribution is -0.163. The Morgan fingerprint density at radius 3 is 1.58 bits per heavy atom. The zero-order chi connectivity index (χ0) is 90.2. The number of nitrogens with zero attached hydrogens (tertiary/aromatic N) is 11. The highest BCUT2D eigenvalue weighted by atomic mass is 16.6. The third kappa shape index (κ3) is 20.6. The highest BCUT2D eigenvalue weighted by Gasteiger charge is 2.47. The van der Waals surface area contributed by atoms with Crippen molar-refractivity contribution in [3.05, 3.63) is 86.3 Å². The predicted octanol–water partition coefficient (Wildman–Crippen LogP) is 0.970. The number of hydrogen-bond acceptors (Lipinski definition) is 28. The highest BCUT2D eigenvalue weighted by molar-refractivity contribution is 6.11. The second-order valence-corrected chi connectivity index (χ2v) is 32.3. The molecule has 2 aromatic carbocycles. The van der Waals surface area contributed by atoms with Crippen molar-refractivity contribution in [2.45, 2.75) is 195 Å². The number of likely N-dealkylation sites (N-methyl/N-ethyl adjacent to an activating group) is 4. The minimum absolute atomic E-state index is 0.0101. The van der Waals surface area contributed by atoms with Gasteiger partial charge in [-0.3, -0.25) is 62.3 Å². The van der Waals surface area contributed by atoms with Crippen LogP contribution < -0.4 is 54.5 Å². The number of amides is 11. The predicted molar refractivity (Wildman–Crippen MR) is 439 cm³/mol. The van der Waals surface area contributed by atoms with E-state index < -0.39 is 215 Å². The number of esters is 2. The van der Waals surface area contributed by atoms with E-state index in [1.54, 1.807) is 74.4 Å². The van der Waals surface area contributed by atoms with Gasteiger partial charge in [0, 0.05) is 64.5 Å². The Bertz CT molecular complexity index is 5130. The molecule has 11 atom stereocenters. The van der Waals surface area contributed by atoms with Gasteiger partial charge in [0.25, 0.3) is 17.7 Å². The molecule has 4 saturated heterocycles. The molecular weight excluding hydrogens is 1590 g/mol. The van der Waals surface area contributed by atoms with Crippen LogP contribution in [0.5, 0.6) is 0 Å². The Labute approximate surface area is 701 Å². The fourth-order valence-corrected chi connectivity index (χ4v) is 15.0. The maximum Gasteiger partial charge on any atom is 0.329 e. The Balaban J connectivity index is 0.000000439. The van der Waals surface area contributed by atoms with Crippen molar-refractivity contribution in [3.8, 4) is 11.5 Å². The van der Waals surface area contributed by atoms with Crippen molar-refractivity contribution in [2.24, 2.45) is 23.7 Å². The lowest BCUT2D eigenvalue weighted by Gasteiger charge is -2.36. The van der Waals surface area contributed by atoms with E-state index in [-0.39, 0.29) is 89.7 Å². The first-order valence-corrected chi connectivity index (χ1v) is 39.9. The van der Waals surface area contributed by atoms with Crippen LogP contribution in [0.2, 0.25) is 0 Å². The molecule has 1 aliphatic carbocycles. The number of carbonyl (C=O) groups is 15. The smallest absolute Gasteiger partial charge is 0.329 e. The molecule has 10 rings (SSSR count). The van der Waals surface area contributed by atoms with Crippen LogP contribution in [-0.2, 0) is 73.6 Å². The number of nitrogens with one attached hydrogen (secondary N) is 6. The molecule has 0 saturated carbocycles. The molecule has 4 fully saturated rings. The third-order valence-electron chi connectivity index (χ3n) is 21.9. The Morgan fingerprint density at radius 1 is 0.607 bits per heavy atom. The first-order chi connectivity index (χ1) is 57.3. The number of carboxylic acid groups (broad SMARTS) is 2. The number of cyclic esters (lactones) is 2. The zero-order valence-electron chi connectivity index (χ0n) is 70.8. The molecule has 41 nitrogen and oxygen atoms in total. The van der Waals surface area contributed by atoms with E-state index in [0.717, 1.165) is 9.80 Å². The standard InChI is InChI=1S/C62H86N12O16.C19H20N8O5/c1-27(2)42-59(84)73-23-17-19-36(73)57(82)69(13)25-38(75)71(15)48(29(5)6)61(86)88-33(11)44(55(80)65-42)67-53(78)35-22-21-31(9)51-46(35)64-47-40(41(63)50(77)32(10)52(47)90-51)54(79)68-45-34(12)89-62(87)49(30(7)8)72(16)39(76)26-70(14)58(83)37-20-18-24-74(37)60(85)43(28(3)4)66-56(45)81;20-15-14-16(27-19(21)26-15)23-8-11(24-14)7-22-10-3-1-9(2-4-10)17(30)25-12(18(31)32)5-6-13(28)29/h21-22,27-30,33-34,36-37,42-45,48-49H,17-20,23-26,63H2,1-16H3,(H,65,80)(H,66,81)(H,67,78)(H,68,79);1-4,8,12,22H,5-7H2,(H,25,30)(H,28,29)(H,31,32)(H4,20,21,23,26,27)/t33-,34-,36+,37+,42-,43-,44+,45+,48+,49+;/m1./s1. The number of ether oxygens (including phenoxy) is 2. The van der Waals surface area contributed by atoms with Crippen LogP contribution in [0.4, 0.5) is 23.1 Å². The first-order valence-electron chi connectivity index (χ1n) is 39.9. The van der Waals surface area contributed by atoms with Gasteiger partial charge in [-0.2, -0.15) is 9.97 Å². The van der Waals surface area contributed by atoms with E-state index in [4.69, 9.17) is 46.3 Å². The van der Waals surface area contributed by atoms with Gasteiger partial charge in [-0.05, 0) is 119 Å². The number of rotatable bonds is 17. The van der Waals surface area contributed by atoms with Gasteiger partial charge in [0.15, 0.2) is 28.3 Å². The van der Waals surface area contributed by atoms with Gasteiger partial charge < -0.3 is 103 Å². The van der Waals surface area contributed by atoms with E-state index in [1.807, 2.05) is 0 Å². The summed E-state index contributed by atoms with van der Waals surface area (Å²) < 4.78 is 18.3. The average molecular weight is 1700 g/mol. The summed E-state index contributed by atoms with van der Waals surface area (Å²) in [5, 5.41) is 34.0. The van der Waals surface area contributed by atoms with Crippen LogP contribution in [0.25, 0.3) is 33.7 Å². The van der Waals surface area contributed by atoms with E-state index in [9.17, 15) is 67.1 Å². The normalized spacial score (nSPS) is 22.4. The summed E-state index contributed by atoms with van der Waals surface area (Å²) in [4.78, 5) is 250. The lowest BCUT2D eigenvalue weighted by atomic mass is 9.98. The molecule has 656 valence electrons. The molecule has 0 spiro atoms. The Kier molecular flexibility index (Phi) is 29.5. The second kappa shape index (κ2) is 38.8. The van der Waals surface area contributed by atoms with Crippen molar-refractivity contribution in [1.29, 1.82) is 0 Å². The number of aromatic nitrogens is 5. The molecule has 0 radical (unpaired) electrons. The molecule has 7 heterocycles. The van der Waals surface area contributed by atoms with Gasteiger partial charge in [-0.1, -0.05) is 61.5 Å². The summed E-state index contributed by atoms with van der Waals surface area (Å²) in [7, 11) is 5.59. The topological polar surface area (TPSA) is 579 Å². The monoisotopic (exact) mass is 1690 g/mol. The molecule has 1 unspecified atom stereocenters. The van der Waals surface area contributed by atoms with Crippen LogP contribution in [0.1, 0.15) is 156 Å². The summed E-state index contributed by atoms with van der Waals surface area (Å²) in [6.45, 7) is 18.7. The summed E-state index contributed by atoms with van der Waals surface area (Å²) in [6.07, 6.45) is -0.720. The van der Waals surface area contributed by atoms with Gasteiger partial charge in [0.05, 0.1) is 48.3 Å². The highest BCUT2D eigenvalue weighted by Crippen LogP contribution is 2.36. The number of anilines is 4. The minimum Gasteiger partial charge on any atom is -0.481 e. The van der Waals surface area contributed by atoms with Crippen LogP contribution in [-0.4, -0.2) is 274 Å². The number of fused-ring (bicyclic) bond motifs is 5. The molecule has 122 heavy (non-hydrogen) atoms. The molecule has 14 N–H and O–H groups in total. The minimum atomic E-state index is -1.88. The van der Waals surface area contributed by atoms with Crippen molar-refractivity contribution in [2.75, 3.05) is 76.9 Å². The SMILES string of the molecule is Cc1c2oc3c(C)ccc(C(=O)N[C@@H]4C(=O)N[C@H](C(C)C)C(=O)N5CCC[C@H]5C(=O)N(C)CC(=O)N(C)[C@@H](C(C)C)C(=O)O[C@@H]4C)c3nc-2c(C(=O)N[C@@H]2C(=O)N[C@H](C(C)C)C(=O)N3CCC[C@H]3C(=O)N(C)CC(=O)N(C)[C@@H](C(C)C)C(=O)O[C@@H]2C)c(N)c1=O.Nc1nc(N)c2nc(CNc3ccc(C(=O)NC(CCC(=O)O)C(=O)O)cc3)cnc2n1. The largest absolute Gasteiger partial charge is 0.481 e. The maximum atomic E-state index is 15.2. The van der Waals surface area contributed by atoms with Crippen molar-refractivity contribution >= 4 is 134 Å². The van der Waals surface area contributed by atoms with Gasteiger partial charge in [0.1, 0.15) is 77.8 Å². The number of nitrogens with two attached hydrogens (primary N) is 3. The van der Waals surface area contributed by atoms with Crippen molar-refractivity contribution in [3.63, 3.8) is 0 Å². The second-order valence-electron chi connectivity index (χ2n) is 32.3. The van der Waals surface area contributed by atoms with E-state index >= 15 is 9.59 Å². The number of benzene rings is 3. The molecule has 41 heteroatoms. The number of carboxylic acids is 2. The Morgan fingerprint density at radius 2 is 1.11 bits per heavy atom. The molecule has 0 bridgehead atoms. The van der Waals surface area contributed by atoms with Gasteiger partial charge in [-0.25, -0.2) is 29.3 Å². The van der Waals surface area contributed by atoms with Crippen LogP contribution in [0.3, 0.4) is 0 Å². The number of hydrogen-bond donors (Lipinski definition) is 11. The number of nitrogen functional groups attached to an aromatic ring is 3. The average Bonchev–Trinajstić information content (AvgIpc) is 0.817. The molecular formula is C81H106N20O21. The molecule has 4 aromatic rings. The van der Waals surface area contributed by atoms with Crippen LogP contribution in [0, 0.1) is 37.5 Å². The molecule has 5 aliphatic heterocycles. The van der Waals surface area contributed by atoms with E-state index in [0.29, 0.717) is 41.8 Å². The van der Waals surface area contributed by atoms with E-state index in [1.165, 1.54) is 99.0 Å². The quantitative estimate of drug-likeness (QED) is 0.0344. The number of aryl methyl sites for hydroxylation is 1. The first kappa shape index (κ1) is 92.6. The maximum absolute atomic E-state index is 15.2. The molecule has 6 aliphatic rings. The van der Waals surface area contributed by atoms with Crippen LogP contribution in [0.15, 0.2) is 51.8 Å². The van der Waals surface area contributed by atoms with Gasteiger partial charge in [-0.15, -0.1) is 0 Å². The van der Waals surface area contributed by atoms with Crippen molar-refractivity contribution in [1.82, 2.24) is 80.9 Å². The summed E-state index contributed by atoms with van der Waals surface area (Å²) >= 11 is 0. The molecule has 11 amide bonds. The third-order valence-corrected chi connectivity index (χ3v) is 21.9.